The molecule has 0 bridgehead atoms. The van der Waals surface area contributed by atoms with Gasteiger partial charge in [-0.1, -0.05) is 25.7 Å². The van der Waals surface area contributed by atoms with Crippen molar-refractivity contribution < 1.29 is 103 Å². The summed E-state index contributed by atoms with van der Waals surface area (Å²) in [7, 11) is -12.1. The Morgan fingerprint density at radius 3 is 1.52 bits per heavy atom. The maximum Gasteiger partial charge on any atom is 1.00 e. The number of thioether (sulfide) groups is 1. The van der Waals surface area contributed by atoms with Gasteiger partial charge in [0.05, 0.1) is 52.1 Å². The van der Waals surface area contributed by atoms with Crippen LogP contribution in [0.4, 0.5) is 24.8 Å². The molecule has 2 aliphatic carbocycles. The quantitative estimate of drug-likeness (QED) is 0.0237. The van der Waals surface area contributed by atoms with Crippen molar-refractivity contribution in [2.75, 3.05) is 47.3 Å². The summed E-state index contributed by atoms with van der Waals surface area (Å²) < 4.78 is 137. The topological polar surface area (TPSA) is 263 Å². The number of hydrogen-bond donors (Lipinski definition) is 3. The summed E-state index contributed by atoms with van der Waals surface area (Å²) in [6, 6.07) is 0.778. The minimum atomic E-state index is -5.74. The molecule has 10 atom stereocenters. The standard InChI is InChI=1S/C24H37ClN5O5PS.C18H24ClN5O3S.C7H14F3O5PS.Na.H/c1-23(2,3)35-36(6,31)13-37-12-16-17-18(34-24(4,5)33-17)21(32-16)30-20-15(11-26-30)19(28-22(25)29-20)27-14-9-7-8-10-14;1-18(2)26-12-11(8-28)25-16(13(12)27-18)24-15-10(7-20-24)14(22-17(19)23-15)21-9-5-3-4-6-9;1-6(2,3)15-16(4,11)5-14-17(12,13)7(8,9)10;;/h11,14,16-18,21H,7-10,12-13H2,1-6H3,(H,27,28,29);7,9,11-13,16,28H,3-6,8H2,1-2H3,(H,21,22,23);5H2,1-4H3;;/q;;;+1;-1/t16-,17-,18-,21-,36?;11-,12-,13-,16-;;;/m11.../s1. The molecule has 0 radical (unpaired) electrons. The Morgan fingerprint density at radius 1 is 0.711 bits per heavy atom. The molecule has 2 N–H and O–H groups in total. The first kappa shape index (κ1) is 69.3. The molecule has 34 heteroatoms. The monoisotopic (exact) mass is 1320 g/mol. The Bertz CT molecular complexity index is 3120. The third-order valence-electron chi connectivity index (χ3n) is 13.4. The summed E-state index contributed by atoms with van der Waals surface area (Å²) in [6.07, 6.45) is 9.05. The van der Waals surface area contributed by atoms with E-state index in [1.54, 1.807) is 28.4 Å². The number of fused-ring (bicyclic) bond motifs is 4. The van der Waals surface area contributed by atoms with E-state index in [2.05, 4.69) is 57.6 Å². The molecule has 0 amide bonds. The molecule has 4 aromatic rings. The summed E-state index contributed by atoms with van der Waals surface area (Å²) >= 11 is 18.5. The SMILES string of the molecule is CC(C)(C)OP(C)(=O)COS(=O)(=O)C(F)(F)F.CC(C)(C)OP(C)(=O)CSC[C@H]1O[C@@H](n2ncc3c(NC4CCCC4)nc(Cl)nc32)[C@@H]2OC(C)(C)O[C@@H]21.CC1(C)O[C@@H]2[C@H](O1)[C@@H](CS)O[C@H]2n1ncc2c(NC3CCCC3)nc(Cl)nc21.[H-].[Na+]. The van der Waals surface area contributed by atoms with Crippen LogP contribution >= 0.6 is 62.3 Å². The van der Waals surface area contributed by atoms with Crippen LogP contribution in [0.5, 0.6) is 0 Å². The third kappa shape index (κ3) is 17.8. The Labute approximate surface area is 525 Å². The smallest absolute Gasteiger partial charge is 1.00 e. The molecule has 83 heavy (non-hydrogen) atoms. The fourth-order valence-corrected chi connectivity index (χ4v) is 17.6. The number of ether oxygens (including phenoxy) is 6. The number of alkyl halides is 3. The summed E-state index contributed by atoms with van der Waals surface area (Å²) in [6.45, 7) is 20.6. The number of thiol groups is 1. The molecule has 2 saturated carbocycles. The average molecular weight is 1320 g/mol. The van der Waals surface area contributed by atoms with E-state index in [4.69, 9.17) is 60.7 Å². The van der Waals surface area contributed by atoms with Crippen molar-refractivity contribution >= 4 is 106 Å². The average Bonchev–Trinajstić information content (AvgIpc) is 3.68. The molecular weight excluding hydrogens is 1250 g/mol. The Morgan fingerprint density at radius 2 is 1.11 bits per heavy atom. The summed E-state index contributed by atoms with van der Waals surface area (Å²) in [5.41, 5.74) is -5.28. The molecular formula is C49H76Cl2F3N10NaO13P2S3. The normalized spacial score (nSPS) is 27.7. The molecule has 4 aromatic heterocycles. The minimum absolute atomic E-state index is 0. The van der Waals surface area contributed by atoms with Gasteiger partial charge in [-0.25, -0.2) is 9.36 Å². The van der Waals surface area contributed by atoms with Crippen molar-refractivity contribution in [2.45, 2.75) is 210 Å². The number of halogens is 5. The van der Waals surface area contributed by atoms with Crippen LogP contribution in [-0.2, 0) is 60.9 Å². The molecule has 6 fully saturated rings. The Balaban J connectivity index is 0.000000214. The molecule has 6 aliphatic rings. The number of aromatic nitrogens is 8. The Hall–Kier alpha value is -1.18. The first-order valence-electron chi connectivity index (χ1n) is 27.0. The molecule has 8 heterocycles. The zero-order chi connectivity index (χ0) is 60.2. The van der Waals surface area contributed by atoms with E-state index in [1.165, 1.54) is 58.2 Å². The van der Waals surface area contributed by atoms with Gasteiger partial charge in [0, 0.05) is 36.9 Å². The molecule has 23 nitrogen and oxygen atoms in total. The van der Waals surface area contributed by atoms with E-state index >= 15 is 0 Å². The summed E-state index contributed by atoms with van der Waals surface area (Å²) in [4.78, 5) is 17.8. The van der Waals surface area contributed by atoms with Gasteiger partial charge in [0.2, 0.25) is 25.3 Å². The van der Waals surface area contributed by atoms with Crippen LogP contribution in [0, 0.1) is 0 Å². The molecule has 10 rings (SSSR count). The van der Waals surface area contributed by atoms with Crippen LogP contribution in [0.3, 0.4) is 0 Å². The zero-order valence-corrected chi connectivity index (χ0v) is 56.7. The van der Waals surface area contributed by atoms with Gasteiger partial charge >= 0.3 is 45.2 Å². The van der Waals surface area contributed by atoms with Crippen LogP contribution in [0.2, 0.25) is 10.6 Å². The van der Waals surface area contributed by atoms with Crippen molar-refractivity contribution in [1.82, 2.24) is 39.5 Å². The van der Waals surface area contributed by atoms with Crippen LogP contribution in [0.25, 0.3) is 22.1 Å². The predicted octanol–water partition coefficient (Wildman–Crippen LogP) is 8.50. The van der Waals surface area contributed by atoms with Gasteiger partial charge in [0.15, 0.2) is 35.3 Å². The number of rotatable bonds is 16. The van der Waals surface area contributed by atoms with E-state index in [9.17, 15) is 30.7 Å². The van der Waals surface area contributed by atoms with Crippen molar-refractivity contribution in [2.24, 2.45) is 0 Å². The fourth-order valence-electron chi connectivity index (χ4n) is 10.7. The predicted molar refractivity (Wildman–Crippen MR) is 310 cm³/mol. The van der Waals surface area contributed by atoms with E-state index in [1.807, 2.05) is 48.5 Å². The first-order chi connectivity index (χ1) is 37.9. The van der Waals surface area contributed by atoms with Gasteiger partial charge < -0.3 is 49.5 Å². The third-order valence-corrected chi connectivity index (χ3v) is 20.9. The minimum Gasteiger partial charge on any atom is -1.00 e. The zero-order valence-electron chi connectivity index (χ0n) is 49.8. The van der Waals surface area contributed by atoms with Crippen molar-refractivity contribution in [1.29, 1.82) is 0 Å². The number of anilines is 2. The maximum absolute atomic E-state index is 12.9. The van der Waals surface area contributed by atoms with Crippen molar-refractivity contribution in [3.05, 3.63) is 23.0 Å². The van der Waals surface area contributed by atoms with Crippen molar-refractivity contribution in [3.63, 3.8) is 0 Å². The van der Waals surface area contributed by atoms with Gasteiger partial charge in [0.1, 0.15) is 42.4 Å². The van der Waals surface area contributed by atoms with Crippen LogP contribution in [0.1, 0.15) is 134 Å². The molecule has 464 valence electrons. The number of hydrogen-bond acceptors (Lipinski definition) is 23. The van der Waals surface area contributed by atoms with E-state index in [0.29, 0.717) is 46.2 Å². The van der Waals surface area contributed by atoms with E-state index < -0.39 is 71.9 Å². The largest absolute Gasteiger partial charge is 1.00 e. The van der Waals surface area contributed by atoms with Gasteiger partial charge in [-0.3, -0.25) is 13.3 Å². The fraction of sp³-hybridized carbons (Fsp3) is 0.796. The second kappa shape index (κ2) is 26.7. The first-order valence-corrected chi connectivity index (χ1v) is 35.4. The summed E-state index contributed by atoms with van der Waals surface area (Å²) in [5, 5.41) is 18.2. The van der Waals surface area contributed by atoms with E-state index in [0.717, 1.165) is 48.9 Å². The number of nitrogens with zero attached hydrogens (tertiary/aromatic N) is 8. The van der Waals surface area contributed by atoms with Crippen LogP contribution in [-0.4, -0.2) is 162 Å². The summed E-state index contributed by atoms with van der Waals surface area (Å²) in [5.74, 6) is 1.07. The van der Waals surface area contributed by atoms with Crippen molar-refractivity contribution in [3.8, 4) is 0 Å². The number of nitrogens with one attached hydrogen (secondary N) is 2. The van der Waals surface area contributed by atoms with Crippen LogP contribution < -0.4 is 40.2 Å². The second-order valence-electron chi connectivity index (χ2n) is 24.1. The molecule has 0 aromatic carbocycles. The maximum atomic E-state index is 12.9. The van der Waals surface area contributed by atoms with Gasteiger partial charge in [-0.05, 0) is 118 Å². The van der Waals surface area contributed by atoms with E-state index in [-0.39, 0.29) is 78.2 Å². The van der Waals surface area contributed by atoms with Crippen LogP contribution in [0.15, 0.2) is 12.4 Å². The second-order valence-corrected chi connectivity index (χ2v) is 33.2. The van der Waals surface area contributed by atoms with Gasteiger partial charge in [0.25, 0.3) is 0 Å². The molecule has 2 unspecified atom stereocenters. The molecule has 0 spiro atoms. The van der Waals surface area contributed by atoms with Gasteiger partial charge in [-0.2, -0.15) is 64.4 Å². The Kier molecular flexibility index (Phi) is 22.3. The van der Waals surface area contributed by atoms with Gasteiger partial charge in [-0.15, -0.1) is 11.8 Å². The molecule has 4 aliphatic heterocycles. The molecule has 4 saturated heterocycles.